The molecular weight excluding hydrogens is 447 g/mol. The van der Waals surface area contributed by atoms with E-state index in [9.17, 15) is 21.6 Å². The van der Waals surface area contributed by atoms with E-state index < -0.39 is 21.7 Å². The number of sulfone groups is 1. The molecule has 0 amide bonds. The van der Waals surface area contributed by atoms with E-state index in [0.717, 1.165) is 21.7 Å². The Kier molecular flexibility index (Phi) is 4.67. The maximum absolute atomic E-state index is 13.3. The van der Waals surface area contributed by atoms with Crippen molar-refractivity contribution in [1.29, 1.82) is 0 Å². The summed E-state index contributed by atoms with van der Waals surface area (Å²) >= 11 is 7.17. The predicted octanol–water partition coefficient (Wildman–Crippen LogP) is 5.22. The van der Waals surface area contributed by atoms with Crippen LogP contribution in [0.15, 0.2) is 53.4 Å². The Bertz CT molecular complexity index is 1330. The van der Waals surface area contributed by atoms with Gasteiger partial charge in [-0.15, -0.1) is 11.3 Å². The molecule has 2 aromatic heterocycles. The molecule has 0 aliphatic heterocycles. The molecule has 0 aliphatic rings. The molecule has 11 heteroatoms. The summed E-state index contributed by atoms with van der Waals surface area (Å²) < 4.78 is 65.0. The van der Waals surface area contributed by atoms with Crippen molar-refractivity contribution in [3.05, 3.63) is 59.2 Å². The first-order valence-corrected chi connectivity index (χ1v) is 11.2. The lowest BCUT2D eigenvalue weighted by Gasteiger charge is -2.07. The summed E-state index contributed by atoms with van der Waals surface area (Å²) in [6.45, 7) is 0. The van der Waals surface area contributed by atoms with Crippen LogP contribution in [0.4, 0.5) is 13.2 Å². The van der Waals surface area contributed by atoms with E-state index in [-0.39, 0.29) is 16.3 Å². The van der Waals surface area contributed by atoms with Gasteiger partial charge in [-0.3, -0.25) is 0 Å². The van der Waals surface area contributed by atoms with Crippen LogP contribution in [0.1, 0.15) is 5.69 Å². The minimum absolute atomic E-state index is 0.0561. The van der Waals surface area contributed by atoms with Crippen LogP contribution in [0.5, 0.6) is 0 Å². The Morgan fingerprint density at radius 2 is 1.76 bits per heavy atom. The average Bonchev–Trinajstić information content (AvgIpc) is 3.24. The number of halogens is 4. The van der Waals surface area contributed by atoms with E-state index in [1.807, 2.05) is 0 Å². The Morgan fingerprint density at radius 1 is 1.07 bits per heavy atom. The summed E-state index contributed by atoms with van der Waals surface area (Å²) in [4.78, 5) is 4.45. The zero-order valence-electron chi connectivity index (χ0n) is 14.6. The third kappa shape index (κ3) is 3.87. The van der Waals surface area contributed by atoms with Crippen LogP contribution in [-0.2, 0) is 16.0 Å². The minimum Gasteiger partial charge on any atom is -0.234 e. The molecule has 5 nitrogen and oxygen atoms in total. The quantitative estimate of drug-likeness (QED) is 0.423. The van der Waals surface area contributed by atoms with E-state index in [1.165, 1.54) is 35.6 Å². The number of fused-ring (bicyclic) bond motifs is 1. The number of thiazole rings is 1. The third-order valence-corrected chi connectivity index (χ3v) is 6.48. The van der Waals surface area contributed by atoms with E-state index in [0.29, 0.717) is 15.5 Å². The summed E-state index contributed by atoms with van der Waals surface area (Å²) in [5.41, 5.74) is -0.0537. The van der Waals surface area contributed by atoms with Crippen LogP contribution in [0.3, 0.4) is 0 Å². The van der Waals surface area contributed by atoms with Crippen LogP contribution in [-0.4, -0.2) is 29.4 Å². The molecule has 29 heavy (non-hydrogen) atoms. The lowest BCUT2D eigenvalue weighted by Crippen LogP contribution is -2.07. The van der Waals surface area contributed by atoms with E-state index in [4.69, 9.17) is 11.6 Å². The van der Waals surface area contributed by atoms with Crippen molar-refractivity contribution in [3.8, 4) is 16.4 Å². The van der Waals surface area contributed by atoms with Crippen molar-refractivity contribution in [1.82, 2.24) is 14.8 Å². The van der Waals surface area contributed by atoms with Gasteiger partial charge in [0.25, 0.3) is 0 Å². The molecule has 0 atom stereocenters. The molecule has 4 aromatic rings. The van der Waals surface area contributed by atoms with Crippen LogP contribution < -0.4 is 0 Å². The Balaban J connectivity index is 1.90. The second kappa shape index (κ2) is 6.82. The smallest absolute Gasteiger partial charge is 0.234 e. The lowest BCUT2D eigenvalue weighted by molar-refractivity contribution is -0.141. The fourth-order valence-electron chi connectivity index (χ4n) is 2.71. The van der Waals surface area contributed by atoms with Crippen molar-refractivity contribution >= 4 is 43.0 Å². The highest BCUT2D eigenvalue weighted by Gasteiger charge is 2.35. The molecular formula is C18H11ClF3N3O2S2. The minimum atomic E-state index is -4.65. The zero-order valence-corrected chi connectivity index (χ0v) is 17.0. The first-order chi connectivity index (χ1) is 13.5. The van der Waals surface area contributed by atoms with Gasteiger partial charge < -0.3 is 0 Å². The van der Waals surface area contributed by atoms with Crippen molar-refractivity contribution in [3.63, 3.8) is 0 Å². The maximum Gasteiger partial charge on any atom is 0.435 e. The molecule has 4 rings (SSSR count). The first-order valence-electron chi connectivity index (χ1n) is 8.06. The van der Waals surface area contributed by atoms with Gasteiger partial charge >= 0.3 is 6.18 Å². The van der Waals surface area contributed by atoms with E-state index >= 15 is 0 Å². The van der Waals surface area contributed by atoms with Crippen LogP contribution >= 0.6 is 22.9 Å². The van der Waals surface area contributed by atoms with Gasteiger partial charge in [0.05, 0.1) is 20.8 Å². The molecule has 0 fully saturated rings. The maximum atomic E-state index is 13.3. The average molecular weight is 458 g/mol. The number of benzene rings is 2. The number of nitrogens with zero attached hydrogens (tertiary/aromatic N) is 3. The fraction of sp³-hybridized carbons (Fsp3) is 0.111. The summed E-state index contributed by atoms with van der Waals surface area (Å²) in [5, 5.41) is 4.52. The number of hydrogen-bond acceptors (Lipinski definition) is 5. The first kappa shape index (κ1) is 19.9. The number of hydrogen-bond donors (Lipinski definition) is 0. The highest BCUT2D eigenvalue weighted by molar-refractivity contribution is 7.90. The fourth-order valence-corrected chi connectivity index (χ4v) is 4.59. The summed E-state index contributed by atoms with van der Waals surface area (Å²) in [6.07, 6.45) is -3.60. The molecule has 0 N–H and O–H groups in total. The SMILES string of the molecule is CS(=O)(=O)c1ccc(-n2nc(C(F)(F)F)cc2-c2nc3ccc(Cl)cc3s2)cc1. The number of alkyl halides is 3. The molecule has 0 saturated heterocycles. The molecule has 0 saturated carbocycles. The highest BCUT2D eigenvalue weighted by atomic mass is 35.5. The van der Waals surface area contributed by atoms with Crippen molar-refractivity contribution in [2.45, 2.75) is 11.1 Å². The van der Waals surface area contributed by atoms with Crippen molar-refractivity contribution in [2.75, 3.05) is 6.26 Å². The lowest BCUT2D eigenvalue weighted by atomic mass is 10.3. The number of rotatable bonds is 3. The highest BCUT2D eigenvalue weighted by Crippen LogP contribution is 2.37. The summed E-state index contributed by atoms with van der Waals surface area (Å²) in [5.74, 6) is 0. The molecule has 150 valence electrons. The topological polar surface area (TPSA) is 64.8 Å². The van der Waals surface area contributed by atoms with Crippen LogP contribution in [0, 0.1) is 0 Å². The second-order valence-corrected chi connectivity index (χ2v) is 9.70. The monoisotopic (exact) mass is 457 g/mol. The Morgan fingerprint density at radius 3 is 2.38 bits per heavy atom. The van der Waals surface area contributed by atoms with E-state index in [1.54, 1.807) is 18.2 Å². The molecule has 2 heterocycles. The Hall–Kier alpha value is -2.43. The van der Waals surface area contributed by atoms with Gasteiger partial charge in [-0.1, -0.05) is 11.6 Å². The number of aromatic nitrogens is 3. The standard InChI is InChI=1S/C18H11ClF3N3O2S2/c1-29(26,27)12-5-3-11(4-6-12)25-14(9-16(24-25)18(20,21)22)17-23-13-7-2-10(19)8-15(13)28-17/h2-9H,1H3. The van der Waals surface area contributed by atoms with Gasteiger partial charge in [0, 0.05) is 11.3 Å². The predicted molar refractivity (Wildman–Crippen MR) is 105 cm³/mol. The van der Waals surface area contributed by atoms with Crippen molar-refractivity contribution in [2.24, 2.45) is 0 Å². The van der Waals surface area contributed by atoms with Crippen molar-refractivity contribution < 1.29 is 21.6 Å². The van der Waals surface area contributed by atoms with E-state index in [2.05, 4.69) is 10.1 Å². The van der Waals surface area contributed by atoms with Gasteiger partial charge in [-0.25, -0.2) is 18.1 Å². The molecule has 2 aromatic carbocycles. The molecule has 0 radical (unpaired) electrons. The normalized spacial score (nSPS) is 12.6. The molecule has 0 spiro atoms. The van der Waals surface area contributed by atoms with Gasteiger partial charge in [-0.2, -0.15) is 18.3 Å². The second-order valence-electron chi connectivity index (χ2n) is 6.22. The van der Waals surface area contributed by atoms with Crippen LogP contribution in [0.25, 0.3) is 26.6 Å². The van der Waals surface area contributed by atoms with Gasteiger partial charge in [0.15, 0.2) is 15.5 Å². The molecule has 0 bridgehead atoms. The molecule has 0 unspecified atom stereocenters. The molecule has 0 aliphatic carbocycles. The van der Waals surface area contributed by atoms with Gasteiger partial charge in [-0.05, 0) is 48.5 Å². The third-order valence-electron chi connectivity index (χ3n) is 4.08. The summed E-state index contributed by atoms with van der Waals surface area (Å²) in [7, 11) is -3.44. The largest absolute Gasteiger partial charge is 0.435 e. The van der Waals surface area contributed by atoms with Crippen LogP contribution in [0.2, 0.25) is 5.02 Å². The summed E-state index contributed by atoms with van der Waals surface area (Å²) in [6, 6.07) is 11.4. The Labute approximate surface area is 172 Å². The van der Waals surface area contributed by atoms with Gasteiger partial charge in [0.1, 0.15) is 10.7 Å². The van der Waals surface area contributed by atoms with Gasteiger partial charge in [0.2, 0.25) is 0 Å². The zero-order chi connectivity index (χ0) is 21.0.